The Hall–Kier alpha value is -2.19. The van der Waals surface area contributed by atoms with Crippen LogP contribution in [-0.2, 0) is 13.6 Å². The maximum absolute atomic E-state index is 12.0. The Kier molecular flexibility index (Phi) is 3.95. The van der Waals surface area contributed by atoms with Crippen molar-refractivity contribution in [1.82, 2.24) is 24.0 Å². The summed E-state index contributed by atoms with van der Waals surface area (Å²) in [5.74, 6) is 0. The third-order valence-corrected chi connectivity index (χ3v) is 4.31. The van der Waals surface area contributed by atoms with Crippen molar-refractivity contribution in [3.05, 3.63) is 51.3 Å². The first kappa shape index (κ1) is 15.7. The Labute approximate surface area is 133 Å². The predicted octanol–water partition coefficient (Wildman–Crippen LogP) is -0.532. The van der Waals surface area contributed by atoms with Crippen LogP contribution < -0.4 is 11.2 Å². The number of β-amino-alcohol motifs (C(OH)–C–C–N with tert-alkyl or cyclic N) is 1. The highest BCUT2D eigenvalue weighted by Gasteiger charge is 2.39. The lowest BCUT2D eigenvalue weighted by molar-refractivity contribution is -0.0605. The highest BCUT2D eigenvalue weighted by molar-refractivity contribution is 5.01. The molecule has 1 saturated heterocycles. The molecule has 0 spiro atoms. The number of hydrogen-bond donors (Lipinski definition) is 2. The molecule has 0 saturated carbocycles. The van der Waals surface area contributed by atoms with Crippen molar-refractivity contribution in [3.63, 3.8) is 0 Å². The smallest absolute Gasteiger partial charge is 0.328 e. The molecule has 1 aliphatic heterocycles. The van der Waals surface area contributed by atoms with Gasteiger partial charge in [0.15, 0.2) is 0 Å². The molecule has 124 valence electrons. The van der Waals surface area contributed by atoms with E-state index in [1.165, 1.54) is 16.8 Å². The molecule has 2 aromatic heterocycles. The molecule has 23 heavy (non-hydrogen) atoms. The van der Waals surface area contributed by atoms with Gasteiger partial charge in [0.25, 0.3) is 5.56 Å². The zero-order valence-corrected chi connectivity index (χ0v) is 13.3. The molecule has 8 nitrogen and oxygen atoms in total. The summed E-state index contributed by atoms with van der Waals surface area (Å²) in [5.41, 5.74) is -1.04. The molecule has 2 aromatic rings. The van der Waals surface area contributed by atoms with E-state index in [1.807, 2.05) is 17.8 Å². The number of aromatic amines is 1. The third-order valence-electron chi connectivity index (χ3n) is 4.31. The van der Waals surface area contributed by atoms with Crippen LogP contribution in [-0.4, -0.2) is 47.8 Å². The highest BCUT2D eigenvalue weighted by atomic mass is 16.3. The number of imidazole rings is 1. The Morgan fingerprint density at radius 2 is 2.26 bits per heavy atom. The lowest BCUT2D eigenvalue weighted by Gasteiger charge is -2.43. The van der Waals surface area contributed by atoms with Crippen LogP contribution in [0.5, 0.6) is 0 Å². The third kappa shape index (κ3) is 3.27. The number of hydrogen-bond acceptors (Lipinski definition) is 5. The van der Waals surface area contributed by atoms with Crippen LogP contribution in [0.2, 0.25) is 0 Å². The molecule has 0 unspecified atom stereocenters. The van der Waals surface area contributed by atoms with Gasteiger partial charge in [0.2, 0.25) is 0 Å². The van der Waals surface area contributed by atoms with Gasteiger partial charge in [0.05, 0.1) is 23.7 Å². The Balaban J connectivity index is 1.77. The molecule has 1 aliphatic rings. The van der Waals surface area contributed by atoms with Crippen molar-refractivity contribution in [2.75, 3.05) is 13.1 Å². The maximum Gasteiger partial charge on any atom is 0.328 e. The number of rotatable bonds is 3. The van der Waals surface area contributed by atoms with Crippen LogP contribution in [0.4, 0.5) is 0 Å². The topological polar surface area (TPSA) is 96.2 Å². The van der Waals surface area contributed by atoms with E-state index in [0.717, 1.165) is 12.2 Å². The molecule has 1 fully saturated rings. The second-order valence-corrected chi connectivity index (χ2v) is 6.42. The first-order valence-corrected chi connectivity index (χ1v) is 7.58. The molecule has 2 N–H and O–H groups in total. The maximum atomic E-state index is 12.0. The van der Waals surface area contributed by atoms with Gasteiger partial charge in [-0.15, -0.1) is 0 Å². The molecular weight excluding hydrogens is 298 g/mol. The summed E-state index contributed by atoms with van der Waals surface area (Å²) in [6, 6.07) is 0.935. The van der Waals surface area contributed by atoms with Crippen LogP contribution in [0.3, 0.4) is 0 Å². The fourth-order valence-corrected chi connectivity index (χ4v) is 3.28. The van der Waals surface area contributed by atoms with Gasteiger partial charge in [0.1, 0.15) is 0 Å². The molecule has 3 rings (SSSR count). The quantitative estimate of drug-likeness (QED) is 0.793. The van der Waals surface area contributed by atoms with Crippen molar-refractivity contribution in [3.8, 4) is 0 Å². The van der Waals surface area contributed by atoms with Crippen LogP contribution in [0.25, 0.3) is 0 Å². The Morgan fingerprint density at radius 3 is 2.87 bits per heavy atom. The SMILES string of the molecule is Cn1cnc(CN2CC[C@@H](n3ccc(=O)[nH]c3=O)[C@](C)(O)C2)c1. The van der Waals surface area contributed by atoms with E-state index in [0.29, 0.717) is 19.5 Å². The summed E-state index contributed by atoms with van der Waals surface area (Å²) in [6.07, 6.45) is 5.77. The summed E-state index contributed by atoms with van der Waals surface area (Å²) in [7, 11) is 1.92. The molecule has 8 heteroatoms. The average molecular weight is 319 g/mol. The van der Waals surface area contributed by atoms with Crippen molar-refractivity contribution in [2.45, 2.75) is 31.5 Å². The number of aromatic nitrogens is 4. The van der Waals surface area contributed by atoms with Gasteiger partial charge in [-0.25, -0.2) is 9.78 Å². The van der Waals surface area contributed by atoms with Gasteiger partial charge < -0.3 is 9.67 Å². The first-order chi connectivity index (χ1) is 10.8. The fraction of sp³-hybridized carbons (Fsp3) is 0.533. The summed E-state index contributed by atoms with van der Waals surface area (Å²) in [5, 5.41) is 10.8. The van der Waals surface area contributed by atoms with Crippen LogP contribution in [0.1, 0.15) is 25.1 Å². The van der Waals surface area contributed by atoms with Gasteiger partial charge in [-0.2, -0.15) is 0 Å². The summed E-state index contributed by atoms with van der Waals surface area (Å²) in [4.78, 5) is 31.8. The van der Waals surface area contributed by atoms with Crippen LogP contribution in [0, 0.1) is 0 Å². The number of aliphatic hydroxyl groups is 1. The summed E-state index contributed by atoms with van der Waals surface area (Å²) >= 11 is 0. The minimum absolute atomic E-state index is 0.369. The fourth-order valence-electron chi connectivity index (χ4n) is 3.28. The minimum atomic E-state index is -1.07. The van der Waals surface area contributed by atoms with Crippen LogP contribution in [0.15, 0.2) is 34.4 Å². The standard InChI is InChI=1S/C15H21N5O3/c1-15(23)9-19(8-11-7-18(2)10-16-11)5-3-12(15)20-6-4-13(21)17-14(20)22/h4,6-7,10,12,23H,3,5,8-9H2,1-2H3,(H,17,21,22)/t12-,15-/m1/s1. The van der Waals surface area contributed by atoms with E-state index in [4.69, 9.17) is 0 Å². The lowest BCUT2D eigenvalue weighted by atomic mass is 9.88. The number of piperidine rings is 1. The Morgan fingerprint density at radius 1 is 1.48 bits per heavy atom. The van der Waals surface area contributed by atoms with Gasteiger partial charge in [-0.3, -0.25) is 19.2 Å². The van der Waals surface area contributed by atoms with Crippen molar-refractivity contribution < 1.29 is 5.11 Å². The highest BCUT2D eigenvalue weighted by Crippen LogP contribution is 2.31. The normalized spacial score (nSPS) is 25.6. The lowest BCUT2D eigenvalue weighted by Crippen LogP contribution is -2.54. The number of H-pyrrole nitrogens is 1. The van der Waals surface area contributed by atoms with Crippen molar-refractivity contribution in [1.29, 1.82) is 0 Å². The molecule has 0 aromatic carbocycles. The molecule has 0 bridgehead atoms. The van der Waals surface area contributed by atoms with E-state index >= 15 is 0 Å². The minimum Gasteiger partial charge on any atom is -0.387 e. The van der Waals surface area contributed by atoms with Gasteiger partial charge in [0, 0.05) is 45.1 Å². The zero-order chi connectivity index (χ0) is 16.6. The van der Waals surface area contributed by atoms with E-state index in [9.17, 15) is 14.7 Å². The largest absolute Gasteiger partial charge is 0.387 e. The zero-order valence-electron chi connectivity index (χ0n) is 13.3. The first-order valence-electron chi connectivity index (χ1n) is 7.58. The summed E-state index contributed by atoms with van der Waals surface area (Å²) in [6.45, 7) is 3.55. The molecule has 0 amide bonds. The second-order valence-electron chi connectivity index (χ2n) is 6.42. The van der Waals surface area contributed by atoms with Crippen molar-refractivity contribution >= 4 is 0 Å². The molecule has 2 atom stereocenters. The van der Waals surface area contributed by atoms with Gasteiger partial charge >= 0.3 is 5.69 Å². The average Bonchev–Trinajstić information content (AvgIpc) is 2.84. The number of likely N-dealkylation sites (tertiary alicyclic amines) is 1. The number of nitrogens with one attached hydrogen (secondary N) is 1. The predicted molar refractivity (Wildman–Crippen MR) is 84.1 cm³/mol. The van der Waals surface area contributed by atoms with E-state index in [-0.39, 0.29) is 6.04 Å². The second kappa shape index (κ2) is 5.78. The summed E-state index contributed by atoms with van der Waals surface area (Å²) < 4.78 is 3.31. The van der Waals surface area contributed by atoms with Gasteiger partial charge in [-0.05, 0) is 13.3 Å². The Bertz CT molecular complexity index is 804. The van der Waals surface area contributed by atoms with E-state index in [2.05, 4.69) is 14.9 Å². The molecule has 3 heterocycles. The monoisotopic (exact) mass is 319 g/mol. The molecular formula is C15H21N5O3. The van der Waals surface area contributed by atoms with E-state index in [1.54, 1.807) is 13.3 Å². The van der Waals surface area contributed by atoms with Crippen LogP contribution >= 0.6 is 0 Å². The van der Waals surface area contributed by atoms with Crippen molar-refractivity contribution in [2.24, 2.45) is 7.05 Å². The number of nitrogens with zero attached hydrogens (tertiary/aromatic N) is 4. The molecule has 0 radical (unpaired) electrons. The van der Waals surface area contributed by atoms with Gasteiger partial charge in [-0.1, -0.05) is 0 Å². The number of aryl methyl sites for hydroxylation is 1. The van der Waals surface area contributed by atoms with E-state index < -0.39 is 16.9 Å². The molecule has 0 aliphatic carbocycles.